The molecule has 4 nitrogen and oxygen atoms in total. The highest BCUT2D eigenvalue weighted by molar-refractivity contribution is 6.30. The fraction of sp³-hybridized carbons (Fsp3) is 0.300. The molecule has 1 unspecified atom stereocenters. The highest BCUT2D eigenvalue weighted by Crippen LogP contribution is 2.31. The number of aryl methyl sites for hydroxylation is 1. The van der Waals surface area contributed by atoms with Crippen molar-refractivity contribution in [3.8, 4) is 5.75 Å². The van der Waals surface area contributed by atoms with Gasteiger partial charge in [0.1, 0.15) is 5.75 Å². The van der Waals surface area contributed by atoms with Crippen LogP contribution in [0.2, 0.25) is 5.02 Å². The van der Waals surface area contributed by atoms with Crippen LogP contribution in [0.15, 0.2) is 12.1 Å². The molecule has 1 aromatic rings. The molecule has 5 heteroatoms. The van der Waals surface area contributed by atoms with Gasteiger partial charge in [-0.3, -0.25) is 0 Å². The molecule has 2 N–H and O–H groups in total. The third-order valence-electron chi connectivity index (χ3n) is 2.01. The fourth-order valence-corrected chi connectivity index (χ4v) is 1.49. The summed E-state index contributed by atoms with van der Waals surface area (Å²) in [7, 11) is 1.15. The van der Waals surface area contributed by atoms with Crippen LogP contribution in [-0.2, 0) is 9.53 Å². The smallest absolute Gasteiger partial charge is 0.339 e. The molecular weight excluding hydrogens is 220 g/mol. The van der Waals surface area contributed by atoms with Crippen LogP contribution in [0.5, 0.6) is 5.75 Å². The van der Waals surface area contributed by atoms with E-state index in [9.17, 15) is 15.0 Å². The molecule has 0 amide bonds. The van der Waals surface area contributed by atoms with E-state index < -0.39 is 12.1 Å². The Morgan fingerprint density at radius 1 is 1.53 bits per heavy atom. The number of ether oxygens (including phenoxy) is 1. The second kappa shape index (κ2) is 4.51. The molecular formula is C10H11ClO4. The molecule has 0 aromatic heterocycles. The van der Waals surface area contributed by atoms with Crippen LogP contribution < -0.4 is 0 Å². The molecule has 82 valence electrons. The molecule has 1 rings (SSSR count). The first kappa shape index (κ1) is 11.8. The predicted molar refractivity (Wildman–Crippen MR) is 54.8 cm³/mol. The van der Waals surface area contributed by atoms with Gasteiger partial charge >= 0.3 is 5.97 Å². The molecule has 0 aliphatic carbocycles. The highest BCUT2D eigenvalue weighted by Gasteiger charge is 2.22. The van der Waals surface area contributed by atoms with Crippen LogP contribution in [0.1, 0.15) is 17.2 Å². The number of hydrogen-bond donors (Lipinski definition) is 2. The molecule has 0 saturated heterocycles. The number of carbonyl (C=O) groups excluding carboxylic acids is 1. The van der Waals surface area contributed by atoms with E-state index in [1.54, 1.807) is 6.92 Å². The Morgan fingerprint density at radius 2 is 2.13 bits per heavy atom. The molecule has 0 radical (unpaired) electrons. The maximum absolute atomic E-state index is 11.1. The predicted octanol–water partition coefficient (Wildman–Crippen LogP) is 1.56. The van der Waals surface area contributed by atoms with Gasteiger partial charge in [-0.15, -0.1) is 0 Å². The summed E-state index contributed by atoms with van der Waals surface area (Å²) in [5, 5.41) is 19.5. The van der Waals surface area contributed by atoms with E-state index in [0.29, 0.717) is 10.6 Å². The number of halogens is 1. The lowest BCUT2D eigenvalue weighted by atomic mass is 10.0. The molecule has 15 heavy (non-hydrogen) atoms. The van der Waals surface area contributed by atoms with Crippen molar-refractivity contribution >= 4 is 17.6 Å². The summed E-state index contributed by atoms with van der Waals surface area (Å²) >= 11 is 5.74. The van der Waals surface area contributed by atoms with E-state index >= 15 is 0 Å². The lowest BCUT2D eigenvalue weighted by Crippen LogP contribution is -2.13. The molecule has 0 heterocycles. The monoisotopic (exact) mass is 230 g/mol. The van der Waals surface area contributed by atoms with Gasteiger partial charge < -0.3 is 14.9 Å². The van der Waals surface area contributed by atoms with Crippen LogP contribution >= 0.6 is 11.6 Å². The summed E-state index contributed by atoms with van der Waals surface area (Å²) < 4.78 is 4.36. The minimum atomic E-state index is -1.52. The van der Waals surface area contributed by atoms with Crippen molar-refractivity contribution in [3.63, 3.8) is 0 Å². The van der Waals surface area contributed by atoms with Gasteiger partial charge in [-0.2, -0.15) is 0 Å². The topological polar surface area (TPSA) is 66.8 Å². The summed E-state index contributed by atoms with van der Waals surface area (Å²) in [6.07, 6.45) is -1.52. The van der Waals surface area contributed by atoms with Gasteiger partial charge in [0.25, 0.3) is 0 Å². The van der Waals surface area contributed by atoms with Crippen molar-refractivity contribution < 1.29 is 19.7 Å². The Balaban J connectivity index is 3.19. The summed E-state index contributed by atoms with van der Waals surface area (Å²) in [5.74, 6) is -0.996. The molecule has 1 atom stereocenters. The first-order valence-corrected chi connectivity index (χ1v) is 4.60. The number of methoxy groups -OCH3 is 1. The first-order valence-electron chi connectivity index (χ1n) is 4.22. The van der Waals surface area contributed by atoms with Crippen molar-refractivity contribution in [3.05, 3.63) is 28.3 Å². The molecule has 0 aliphatic rings. The number of phenols is 1. The van der Waals surface area contributed by atoms with E-state index in [4.69, 9.17) is 11.6 Å². The highest BCUT2D eigenvalue weighted by atomic mass is 35.5. The van der Waals surface area contributed by atoms with E-state index in [-0.39, 0.29) is 11.3 Å². The molecule has 0 spiro atoms. The second-order valence-electron chi connectivity index (χ2n) is 3.09. The fourth-order valence-electron chi connectivity index (χ4n) is 1.21. The van der Waals surface area contributed by atoms with Crippen molar-refractivity contribution in [2.75, 3.05) is 7.11 Å². The molecule has 0 saturated carbocycles. The number of esters is 1. The van der Waals surface area contributed by atoms with Gasteiger partial charge in [0.2, 0.25) is 0 Å². The minimum Gasteiger partial charge on any atom is -0.507 e. The average molecular weight is 231 g/mol. The molecule has 0 bridgehead atoms. The zero-order chi connectivity index (χ0) is 11.6. The van der Waals surface area contributed by atoms with Crippen LogP contribution in [0, 0.1) is 6.92 Å². The summed E-state index contributed by atoms with van der Waals surface area (Å²) in [6.45, 7) is 1.62. The van der Waals surface area contributed by atoms with Crippen LogP contribution in [-0.4, -0.2) is 23.3 Å². The first-order chi connectivity index (χ1) is 6.97. The second-order valence-corrected chi connectivity index (χ2v) is 3.52. The normalized spacial score (nSPS) is 12.3. The number of carbonyl (C=O) groups is 1. The van der Waals surface area contributed by atoms with Crippen LogP contribution in [0.3, 0.4) is 0 Å². The van der Waals surface area contributed by atoms with Crippen molar-refractivity contribution in [2.45, 2.75) is 13.0 Å². The maximum Gasteiger partial charge on any atom is 0.339 e. The van der Waals surface area contributed by atoms with E-state index in [1.807, 2.05) is 0 Å². The summed E-state index contributed by atoms with van der Waals surface area (Å²) in [6, 6.07) is 2.86. The Morgan fingerprint density at radius 3 is 2.67 bits per heavy atom. The maximum atomic E-state index is 11.1. The Labute approximate surface area is 92.1 Å². The van der Waals surface area contributed by atoms with E-state index in [2.05, 4.69) is 4.74 Å². The van der Waals surface area contributed by atoms with Gasteiger partial charge in [-0.05, 0) is 24.6 Å². The van der Waals surface area contributed by atoms with Gasteiger partial charge in [0, 0.05) is 10.6 Å². The zero-order valence-electron chi connectivity index (χ0n) is 8.32. The third kappa shape index (κ3) is 2.40. The summed E-state index contributed by atoms with van der Waals surface area (Å²) in [5.41, 5.74) is 0.535. The van der Waals surface area contributed by atoms with Gasteiger partial charge in [-0.25, -0.2) is 4.79 Å². The SMILES string of the molecule is COC(=O)C(O)c1cc(Cl)cc(C)c1O. The number of hydrogen-bond acceptors (Lipinski definition) is 4. The number of aliphatic hydroxyl groups excluding tert-OH is 1. The van der Waals surface area contributed by atoms with Gasteiger partial charge in [0.15, 0.2) is 6.10 Å². The van der Waals surface area contributed by atoms with Crippen LogP contribution in [0.4, 0.5) is 0 Å². The Bertz CT molecular complexity index is 389. The number of benzene rings is 1. The number of aliphatic hydroxyl groups is 1. The van der Waals surface area contributed by atoms with Crippen molar-refractivity contribution in [2.24, 2.45) is 0 Å². The lowest BCUT2D eigenvalue weighted by molar-refractivity contribution is -0.150. The zero-order valence-corrected chi connectivity index (χ0v) is 9.08. The van der Waals surface area contributed by atoms with Crippen molar-refractivity contribution in [1.82, 2.24) is 0 Å². The Kier molecular flexibility index (Phi) is 3.55. The largest absolute Gasteiger partial charge is 0.507 e. The number of aromatic hydroxyl groups is 1. The van der Waals surface area contributed by atoms with Gasteiger partial charge in [-0.1, -0.05) is 11.6 Å². The average Bonchev–Trinajstić information content (AvgIpc) is 2.21. The Hall–Kier alpha value is -1.26. The lowest BCUT2D eigenvalue weighted by Gasteiger charge is -2.12. The number of rotatable bonds is 2. The van der Waals surface area contributed by atoms with Crippen LogP contribution in [0.25, 0.3) is 0 Å². The van der Waals surface area contributed by atoms with E-state index in [0.717, 1.165) is 7.11 Å². The molecule has 1 aromatic carbocycles. The quantitative estimate of drug-likeness (QED) is 0.757. The minimum absolute atomic E-state index is 0.0480. The molecule has 0 fully saturated rings. The third-order valence-corrected chi connectivity index (χ3v) is 2.23. The standard InChI is InChI=1S/C10H11ClO4/c1-5-3-6(11)4-7(8(5)12)9(13)10(14)15-2/h3-4,9,12-13H,1-2H3. The molecule has 0 aliphatic heterocycles. The van der Waals surface area contributed by atoms with Gasteiger partial charge in [0.05, 0.1) is 7.11 Å². The summed E-state index contributed by atoms with van der Waals surface area (Å²) in [4.78, 5) is 11.1. The van der Waals surface area contributed by atoms with Crippen molar-refractivity contribution in [1.29, 1.82) is 0 Å². The van der Waals surface area contributed by atoms with E-state index in [1.165, 1.54) is 12.1 Å². The number of phenolic OH excluding ortho intramolecular Hbond substituents is 1.